The molecule has 0 amide bonds. The van der Waals surface area contributed by atoms with Crippen molar-refractivity contribution >= 4 is 17.6 Å². The fraction of sp³-hybridized carbons (Fsp3) is 0.316. The Morgan fingerprint density at radius 3 is 2.27 bits per heavy atom. The predicted molar refractivity (Wildman–Crippen MR) is 87.8 cm³/mol. The number of ether oxygens (including phenoxy) is 1. The maximum absolute atomic E-state index is 12.8. The molecule has 0 N–H and O–H groups in total. The van der Waals surface area contributed by atoms with Gasteiger partial charge >= 0.3 is 5.97 Å². The van der Waals surface area contributed by atoms with Gasteiger partial charge in [-0.2, -0.15) is 0 Å². The second kappa shape index (κ2) is 6.53. The Morgan fingerprint density at radius 1 is 1.00 bits per heavy atom. The van der Waals surface area contributed by atoms with Crippen molar-refractivity contribution < 1.29 is 9.53 Å². The van der Waals surface area contributed by atoms with Gasteiger partial charge in [0.2, 0.25) is 0 Å². The molecule has 3 heteroatoms. The van der Waals surface area contributed by atoms with Gasteiger partial charge in [0.25, 0.3) is 0 Å². The minimum absolute atomic E-state index is 0.115. The third-order valence-corrected chi connectivity index (χ3v) is 4.71. The van der Waals surface area contributed by atoms with E-state index in [2.05, 4.69) is 0 Å². The Balaban J connectivity index is 1.78. The van der Waals surface area contributed by atoms with Crippen LogP contribution in [0.3, 0.4) is 0 Å². The van der Waals surface area contributed by atoms with E-state index in [0.717, 1.165) is 36.8 Å². The molecule has 22 heavy (non-hydrogen) atoms. The topological polar surface area (TPSA) is 26.3 Å². The lowest BCUT2D eigenvalue weighted by atomic mass is 9.79. The number of halogens is 1. The van der Waals surface area contributed by atoms with E-state index in [9.17, 15) is 4.79 Å². The summed E-state index contributed by atoms with van der Waals surface area (Å²) >= 11 is 5.97. The highest BCUT2D eigenvalue weighted by Gasteiger charge is 2.44. The lowest BCUT2D eigenvalue weighted by Gasteiger charge is -2.27. The highest BCUT2D eigenvalue weighted by molar-refractivity contribution is 6.30. The van der Waals surface area contributed by atoms with Gasteiger partial charge in [0, 0.05) is 5.02 Å². The van der Waals surface area contributed by atoms with E-state index in [-0.39, 0.29) is 5.97 Å². The summed E-state index contributed by atoms with van der Waals surface area (Å²) in [6, 6.07) is 17.4. The minimum Gasteiger partial charge on any atom is -0.460 e. The second-order valence-electron chi connectivity index (χ2n) is 5.86. The van der Waals surface area contributed by atoms with Crippen molar-refractivity contribution in [1.82, 2.24) is 0 Å². The van der Waals surface area contributed by atoms with Crippen LogP contribution in [0.4, 0.5) is 0 Å². The van der Waals surface area contributed by atoms with E-state index in [0.29, 0.717) is 11.6 Å². The van der Waals surface area contributed by atoms with Crippen molar-refractivity contribution in [2.24, 2.45) is 0 Å². The van der Waals surface area contributed by atoms with Gasteiger partial charge in [0.05, 0.1) is 5.41 Å². The molecule has 0 spiro atoms. The van der Waals surface area contributed by atoms with Gasteiger partial charge in [-0.15, -0.1) is 0 Å². The number of rotatable bonds is 4. The average Bonchev–Trinajstić information content (AvgIpc) is 3.05. The minimum atomic E-state index is -0.501. The molecule has 0 unspecified atom stereocenters. The van der Waals surface area contributed by atoms with Crippen LogP contribution >= 0.6 is 11.6 Å². The van der Waals surface area contributed by atoms with E-state index >= 15 is 0 Å². The van der Waals surface area contributed by atoms with Crippen molar-refractivity contribution in [2.45, 2.75) is 37.7 Å². The van der Waals surface area contributed by atoms with Crippen LogP contribution in [-0.2, 0) is 21.6 Å². The number of carbonyl (C=O) groups excluding carboxylic acids is 1. The van der Waals surface area contributed by atoms with E-state index in [4.69, 9.17) is 16.3 Å². The van der Waals surface area contributed by atoms with Crippen LogP contribution in [0, 0.1) is 0 Å². The summed E-state index contributed by atoms with van der Waals surface area (Å²) in [7, 11) is 0. The molecule has 2 aromatic rings. The SMILES string of the molecule is O=C(OCc1ccccc1)C1(c2ccc(Cl)cc2)CCCC1. The van der Waals surface area contributed by atoms with Gasteiger partial charge in [0.1, 0.15) is 6.61 Å². The Labute approximate surface area is 136 Å². The predicted octanol–water partition coefficient (Wildman–Crippen LogP) is 4.90. The van der Waals surface area contributed by atoms with Crippen LogP contribution in [0.15, 0.2) is 54.6 Å². The first-order valence-corrected chi connectivity index (χ1v) is 8.06. The van der Waals surface area contributed by atoms with Crippen molar-refractivity contribution in [3.8, 4) is 0 Å². The van der Waals surface area contributed by atoms with E-state index in [1.165, 1.54) is 0 Å². The van der Waals surface area contributed by atoms with Gasteiger partial charge in [0.15, 0.2) is 0 Å². The molecule has 1 aliphatic rings. The standard InChI is InChI=1S/C19H19ClO2/c20-17-10-8-16(9-11-17)19(12-4-5-13-19)18(21)22-14-15-6-2-1-3-7-15/h1-3,6-11H,4-5,12-14H2. The molecule has 0 aliphatic heterocycles. The molecule has 0 aromatic heterocycles. The molecule has 2 aromatic carbocycles. The van der Waals surface area contributed by atoms with Crippen LogP contribution < -0.4 is 0 Å². The fourth-order valence-electron chi connectivity index (χ4n) is 3.22. The molecule has 0 atom stereocenters. The van der Waals surface area contributed by atoms with E-state index in [1.54, 1.807) is 0 Å². The molecule has 1 saturated carbocycles. The monoisotopic (exact) mass is 314 g/mol. The molecule has 1 aliphatic carbocycles. The van der Waals surface area contributed by atoms with Crippen molar-refractivity contribution in [3.63, 3.8) is 0 Å². The van der Waals surface area contributed by atoms with Crippen LogP contribution in [0.1, 0.15) is 36.8 Å². The first-order valence-electron chi connectivity index (χ1n) is 7.68. The summed E-state index contributed by atoms with van der Waals surface area (Å²) in [5.41, 5.74) is 1.53. The molecule has 1 fully saturated rings. The second-order valence-corrected chi connectivity index (χ2v) is 6.29. The quantitative estimate of drug-likeness (QED) is 0.751. The van der Waals surface area contributed by atoms with Crippen LogP contribution in [0.25, 0.3) is 0 Å². The van der Waals surface area contributed by atoms with Gasteiger partial charge in [-0.1, -0.05) is 66.9 Å². The Bertz CT molecular complexity index is 628. The summed E-state index contributed by atoms with van der Waals surface area (Å²) < 4.78 is 5.63. The van der Waals surface area contributed by atoms with Crippen molar-refractivity contribution in [3.05, 3.63) is 70.7 Å². The third kappa shape index (κ3) is 3.02. The molecule has 0 radical (unpaired) electrons. The van der Waals surface area contributed by atoms with Gasteiger partial charge in [-0.05, 0) is 36.1 Å². The molecule has 0 saturated heterocycles. The van der Waals surface area contributed by atoms with Crippen LogP contribution in [-0.4, -0.2) is 5.97 Å². The first kappa shape index (κ1) is 15.1. The number of esters is 1. The average molecular weight is 315 g/mol. The maximum Gasteiger partial charge on any atom is 0.316 e. The lowest BCUT2D eigenvalue weighted by Crippen LogP contribution is -2.34. The molecule has 3 rings (SSSR count). The zero-order valence-corrected chi connectivity index (χ0v) is 13.2. The Hall–Kier alpha value is -1.80. The number of hydrogen-bond donors (Lipinski definition) is 0. The summed E-state index contributed by atoms with van der Waals surface area (Å²) in [4.78, 5) is 12.8. The van der Waals surface area contributed by atoms with Gasteiger partial charge < -0.3 is 4.74 Å². The summed E-state index contributed by atoms with van der Waals surface area (Å²) in [6.45, 7) is 0.328. The van der Waals surface area contributed by atoms with E-state index in [1.807, 2.05) is 54.6 Å². The molecular formula is C19H19ClO2. The molecule has 0 bridgehead atoms. The third-order valence-electron chi connectivity index (χ3n) is 4.46. The van der Waals surface area contributed by atoms with E-state index < -0.39 is 5.41 Å². The Morgan fingerprint density at radius 2 is 1.64 bits per heavy atom. The molecular weight excluding hydrogens is 296 g/mol. The molecule has 2 nitrogen and oxygen atoms in total. The van der Waals surface area contributed by atoms with Crippen molar-refractivity contribution in [2.75, 3.05) is 0 Å². The number of hydrogen-bond acceptors (Lipinski definition) is 2. The van der Waals surface area contributed by atoms with Gasteiger partial charge in [-0.25, -0.2) is 0 Å². The van der Waals surface area contributed by atoms with Crippen LogP contribution in [0.5, 0.6) is 0 Å². The summed E-state index contributed by atoms with van der Waals surface area (Å²) in [5, 5.41) is 0.689. The first-order chi connectivity index (χ1) is 10.7. The summed E-state index contributed by atoms with van der Waals surface area (Å²) in [5.74, 6) is -0.115. The normalized spacial score (nSPS) is 16.4. The van der Waals surface area contributed by atoms with Crippen LogP contribution in [0.2, 0.25) is 5.02 Å². The zero-order chi connectivity index (χ0) is 15.4. The fourth-order valence-corrected chi connectivity index (χ4v) is 3.35. The number of carbonyl (C=O) groups is 1. The number of benzene rings is 2. The Kier molecular flexibility index (Phi) is 4.49. The molecule has 114 valence electrons. The van der Waals surface area contributed by atoms with Crippen molar-refractivity contribution in [1.29, 1.82) is 0 Å². The van der Waals surface area contributed by atoms with Gasteiger partial charge in [-0.3, -0.25) is 4.79 Å². The zero-order valence-electron chi connectivity index (χ0n) is 12.4. The smallest absolute Gasteiger partial charge is 0.316 e. The lowest BCUT2D eigenvalue weighted by molar-refractivity contribution is -0.152. The molecule has 0 heterocycles. The highest BCUT2D eigenvalue weighted by Crippen LogP contribution is 2.42. The maximum atomic E-state index is 12.8. The highest BCUT2D eigenvalue weighted by atomic mass is 35.5. The largest absolute Gasteiger partial charge is 0.460 e. The summed E-state index contributed by atoms with van der Waals surface area (Å²) in [6.07, 6.45) is 3.82.